The molecule has 0 saturated heterocycles. The number of carbonyl (C=O) groups excluding carboxylic acids is 2. The lowest BCUT2D eigenvalue weighted by atomic mass is 9.89. The van der Waals surface area contributed by atoms with Crippen molar-refractivity contribution >= 4 is 34.6 Å². The summed E-state index contributed by atoms with van der Waals surface area (Å²) in [5.41, 5.74) is 5.97. The van der Waals surface area contributed by atoms with Crippen LogP contribution in [0, 0.1) is 5.41 Å². The summed E-state index contributed by atoms with van der Waals surface area (Å²) in [7, 11) is 1.36. The molecule has 42 heavy (non-hydrogen) atoms. The van der Waals surface area contributed by atoms with E-state index in [-0.39, 0.29) is 17.3 Å². The molecule has 0 fully saturated rings. The largest absolute Gasteiger partial charge is 0.465 e. The van der Waals surface area contributed by atoms with Crippen LogP contribution in [0.2, 0.25) is 0 Å². The number of allylic oxidation sites excluding steroid dienone is 1. The van der Waals surface area contributed by atoms with Crippen molar-refractivity contribution in [3.05, 3.63) is 131 Å². The third-order valence-electron chi connectivity index (χ3n) is 7.11. The second kappa shape index (κ2) is 12.3. The lowest BCUT2D eigenvalue weighted by molar-refractivity contribution is -0.117. The van der Waals surface area contributed by atoms with Gasteiger partial charge in [0.2, 0.25) is 5.91 Å². The minimum Gasteiger partial charge on any atom is -0.465 e. The number of para-hydroxylation sites is 1. The predicted molar refractivity (Wildman–Crippen MR) is 169 cm³/mol. The molecule has 0 radical (unpaired) electrons. The topological polar surface area (TPSA) is 68.5 Å². The van der Waals surface area contributed by atoms with Crippen LogP contribution in [-0.4, -0.2) is 19.0 Å². The highest BCUT2D eigenvalue weighted by Gasteiger charge is 2.22. The first-order valence-electron chi connectivity index (χ1n) is 14.0. The first-order valence-corrected chi connectivity index (χ1v) is 14.0. The van der Waals surface area contributed by atoms with Gasteiger partial charge < -0.3 is 14.5 Å². The Hall–Kier alpha value is -4.90. The van der Waals surface area contributed by atoms with Crippen molar-refractivity contribution in [2.75, 3.05) is 12.4 Å². The number of nitrogens with one attached hydrogen (secondary N) is 1. The molecule has 0 aliphatic carbocycles. The van der Waals surface area contributed by atoms with E-state index in [9.17, 15) is 9.59 Å². The van der Waals surface area contributed by atoms with E-state index in [0.717, 1.165) is 39.0 Å². The number of rotatable bonds is 8. The zero-order valence-corrected chi connectivity index (χ0v) is 24.4. The van der Waals surface area contributed by atoms with Gasteiger partial charge in [-0.3, -0.25) is 4.79 Å². The second-order valence-electron chi connectivity index (χ2n) is 11.5. The fourth-order valence-electron chi connectivity index (χ4n) is 4.75. The molecule has 5 aromatic rings. The summed E-state index contributed by atoms with van der Waals surface area (Å²) in [5, 5.41) is 4.16. The number of anilines is 1. The number of carbonyl (C=O) groups is 2. The van der Waals surface area contributed by atoms with Crippen LogP contribution in [-0.2, 0) is 16.0 Å². The Morgan fingerprint density at radius 2 is 1.57 bits per heavy atom. The van der Waals surface area contributed by atoms with Gasteiger partial charge in [-0.2, -0.15) is 0 Å². The van der Waals surface area contributed by atoms with Crippen molar-refractivity contribution in [2.45, 2.75) is 33.1 Å². The SMILES string of the molecule is COC(=O)c1ccc(CC(C(=O)Nc2ccc(-c3cc4ccccc4o3)cc2)c2ccc(/C=C/C(C)(C)C)cc2)cc1. The Balaban J connectivity index is 1.37. The number of amides is 1. The van der Waals surface area contributed by atoms with Gasteiger partial charge in [0, 0.05) is 16.6 Å². The van der Waals surface area contributed by atoms with E-state index < -0.39 is 5.92 Å². The van der Waals surface area contributed by atoms with Crippen LogP contribution in [0.25, 0.3) is 28.4 Å². The van der Waals surface area contributed by atoms with Crippen molar-refractivity contribution in [1.29, 1.82) is 0 Å². The summed E-state index contributed by atoms with van der Waals surface area (Å²) >= 11 is 0. The summed E-state index contributed by atoms with van der Waals surface area (Å²) in [6, 6.07) is 32.9. The maximum Gasteiger partial charge on any atom is 0.337 e. The molecule has 0 spiro atoms. The minimum absolute atomic E-state index is 0.0808. The van der Waals surface area contributed by atoms with Crippen LogP contribution >= 0.6 is 0 Å². The first kappa shape index (κ1) is 28.6. The van der Waals surface area contributed by atoms with E-state index in [0.29, 0.717) is 17.7 Å². The van der Waals surface area contributed by atoms with Gasteiger partial charge in [0.25, 0.3) is 0 Å². The number of esters is 1. The number of hydrogen-bond acceptors (Lipinski definition) is 4. The molecular weight excluding hydrogens is 522 g/mol. The van der Waals surface area contributed by atoms with Crippen LogP contribution in [0.5, 0.6) is 0 Å². The summed E-state index contributed by atoms with van der Waals surface area (Å²) in [6.07, 6.45) is 4.75. The molecule has 0 bridgehead atoms. The monoisotopic (exact) mass is 557 g/mol. The van der Waals surface area contributed by atoms with Crippen molar-refractivity contribution in [3.8, 4) is 11.3 Å². The smallest absolute Gasteiger partial charge is 0.337 e. The van der Waals surface area contributed by atoms with Gasteiger partial charge >= 0.3 is 5.97 Å². The minimum atomic E-state index is -0.440. The molecule has 5 heteroatoms. The molecule has 1 atom stereocenters. The molecule has 0 aliphatic heterocycles. The van der Waals surface area contributed by atoms with E-state index in [1.165, 1.54) is 7.11 Å². The Labute approximate surface area is 246 Å². The molecule has 1 aromatic heterocycles. The van der Waals surface area contributed by atoms with E-state index in [1.54, 1.807) is 12.1 Å². The normalized spacial score (nSPS) is 12.4. The van der Waals surface area contributed by atoms with Gasteiger partial charge in [-0.1, -0.05) is 87.5 Å². The number of benzene rings is 4. The lowest BCUT2D eigenvalue weighted by Gasteiger charge is -2.18. The second-order valence-corrected chi connectivity index (χ2v) is 11.5. The van der Waals surface area contributed by atoms with Gasteiger partial charge in [0.15, 0.2) is 0 Å². The standard InChI is InChI=1S/C37H35NO4/c1-37(2,3)22-21-25-9-13-27(14-10-25)32(23-26-11-15-29(16-12-26)36(40)41-4)35(39)38-31-19-17-28(18-20-31)34-24-30-7-5-6-8-33(30)42-34/h5-22,24,32H,23H2,1-4H3,(H,38,39)/b22-21+. The Kier molecular flexibility index (Phi) is 8.39. The fraction of sp³-hybridized carbons (Fsp3) is 0.189. The van der Waals surface area contributed by atoms with E-state index in [1.807, 2.05) is 91.0 Å². The van der Waals surface area contributed by atoms with Gasteiger partial charge in [0.05, 0.1) is 18.6 Å². The van der Waals surface area contributed by atoms with Crippen LogP contribution in [0.3, 0.4) is 0 Å². The van der Waals surface area contributed by atoms with Gasteiger partial charge in [-0.05, 0) is 77.1 Å². The van der Waals surface area contributed by atoms with Crippen molar-refractivity contribution < 1.29 is 18.7 Å². The Morgan fingerprint density at radius 1 is 0.881 bits per heavy atom. The van der Waals surface area contributed by atoms with Gasteiger partial charge in [-0.25, -0.2) is 4.79 Å². The highest BCUT2D eigenvalue weighted by atomic mass is 16.5. The van der Waals surface area contributed by atoms with Crippen molar-refractivity contribution in [2.24, 2.45) is 5.41 Å². The van der Waals surface area contributed by atoms with Crippen LogP contribution in [0.4, 0.5) is 5.69 Å². The number of hydrogen-bond donors (Lipinski definition) is 1. The van der Waals surface area contributed by atoms with E-state index >= 15 is 0 Å². The zero-order chi connectivity index (χ0) is 29.7. The third-order valence-corrected chi connectivity index (χ3v) is 7.11. The molecule has 1 N–H and O–H groups in total. The molecule has 0 aliphatic rings. The summed E-state index contributed by atoms with van der Waals surface area (Å²) in [4.78, 5) is 25.6. The van der Waals surface area contributed by atoms with Crippen LogP contribution in [0.15, 0.2) is 114 Å². The number of fused-ring (bicyclic) bond motifs is 1. The maximum absolute atomic E-state index is 13.7. The van der Waals surface area contributed by atoms with E-state index in [4.69, 9.17) is 9.15 Å². The van der Waals surface area contributed by atoms with Crippen molar-refractivity contribution in [3.63, 3.8) is 0 Å². The average Bonchev–Trinajstić information content (AvgIpc) is 3.43. The first-order chi connectivity index (χ1) is 20.2. The zero-order valence-electron chi connectivity index (χ0n) is 24.4. The lowest BCUT2D eigenvalue weighted by Crippen LogP contribution is -2.23. The third kappa shape index (κ3) is 7.05. The summed E-state index contributed by atoms with van der Waals surface area (Å²) in [6.45, 7) is 6.48. The van der Waals surface area contributed by atoms with Crippen molar-refractivity contribution in [1.82, 2.24) is 0 Å². The molecule has 5 nitrogen and oxygen atoms in total. The molecule has 212 valence electrons. The Morgan fingerprint density at radius 3 is 2.21 bits per heavy atom. The summed E-state index contributed by atoms with van der Waals surface area (Å²) < 4.78 is 10.8. The molecular formula is C37H35NO4. The maximum atomic E-state index is 13.7. The molecule has 1 unspecified atom stereocenters. The molecule has 1 heterocycles. The molecule has 4 aromatic carbocycles. The summed E-state index contributed by atoms with van der Waals surface area (Å²) in [5.74, 6) is -0.157. The highest BCUT2D eigenvalue weighted by molar-refractivity contribution is 5.96. The Bertz CT molecular complexity index is 1670. The van der Waals surface area contributed by atoms with Crippen LogP contribution < -0.4 is 5.32 Å². The molecule has 1 amide bonds. The van der Waals surface area contributed by atoms with Gasteiger partial charge in [0.1, 0.15) is 11.3 Å². The molecule has 0 saturated carbocycles. The number of furan rings is 1. The highest BCUT2D eigenvalue weighted by Crippen LogP contribution is 2.30. The predicted octanol–water partition coefficient (Wildman–Crippen LogP) is 8.91. The quantitative estimate of drug-likeness (QED) is 0.193. The van der Waals surface area contributed by atoms with Crippen LogP contribution in [0.1, 0.15) is 53.7 Å². The number of ether oxygens (including phenoxy) is 1. The van der Waals surface area contributed by atoms with Gasteiger partial charge in [-0.15, -0.1) is 0 Å². The fourth-order valence-corrected chi connectivity index (χ4v) is 4.75. The van der Waals surface area contributed by atoms with E-state index in [2.05, 4.69) is 38.2 Å². The number of methoxy groups -OCH3 is 1. The molecule has 5 rings (SSSR count). The average molecular weight is 558 g/mol.